The lowest BCUT2D eigenvalue weighted by molar-refractivity contribution is 0.102. The highest BCUT2D eigenvalue weighted by Gasteiger charge is 2.23. The number of nitrogens with zero attached hydrogens (tertiary/aromatic N) is 2. The van der Waals surface area contributed by atoms with Crippen molar-refractivity contribution in [1.29, 1.82) is 0 Å². The molecular weight excluding hydrogens is 413 g/mol. The Balaban J connectivity index is 1.69. The Morgan fingerprint density at radius 1 is 1.10 bits per heavy atom. The second kappa shape index (κ2) is 7.18. The van der Waals surface area contributed by atoms with Crippen LogP contribution in [0.4, 0.5) is 9.52 Å². The molecule has 9 heteroatoms. The highest BCUT2D eigenvalue weighted by molar-refractivity contribution is 7.89. The van der Waals surface area contributed by atoms with Gasteiger partial charge in [-0.05, 0) is 29.7 Å². The van der Waals surface area contributed by atoms with E-state index in [1.165, 1.54) is 31.5 Å². The Kier molecular flexibility index (Phi) is 4.81. The maximum Gasteiger partial charge on any atom is 0.257 e. The number of nitrogens with one attached hydrogen (secondary N) is 1. The van der Waals surface area contributed by atoms with E-state index in [2.05, 4.69) is 10.3 Å². The van der Waals surface area contributed by atoms with Gasteiger partial charge in [0, 0.05) is 25.0 Å². The molecule has 0 saturated carbocycles. The topological polar surface area (TPSA) is 79.4 Å². The molecule has 0 fully saturated rings. The smallest absolute Gasteiger partial charge is 0.257 e. The molecule has 4 aromatic rings. The molecule has 0 bridgehead atoms. The van der Waals surface area contributed by atoms with Crippen molar-refractivity contribution in [1.82, 2.24) is 9.29 Å². The van der Waals surface area contributed by atoms with Crippen molar-refractivity contribution < 1.29 is 17.6 Å². The zero-order valence-electron chi connectivity index (χ0n) is 15.5. The predicted molar refractivity (Wildman–Crippen MR) is 112 cm³/mol. The summed E-state index contributed by atoms with van der Waals surface area (Å²) in [4.78, 5) is 16.6. The third kappa shape index (κ3) is 3.48. The maximum absolute atomic E-state index is 14.1. The van der Waals surface area contributed by atoms with Crippen LogP contribution in [0.15, 0.2) is 59.5 Å². The van der Waals surface area contributed by atoms with Crippen molar-refractivity contribution in [3.05, 3.63) is 66.0 Å². The number of hydrogen-bond donors (Lipinski definition) is 1. The predicted octanol–water partition coefficient (Wildman–Crippen LogP) is 4.09. The number of carbonyl (C=O) groups excluding carboxylic acids is 1. The molecule has 0 saturated heterocycles. The van der Waals surface area contributed by atoms with Crippen LogP contribution in [0.2, 0.25) is 0 Å². The lowest BCUT2D eigenvalue weighted by Crippen LogP contribution is -2.24. The van der Waals surface area contributed by atoms with Crippen molar-refractivity contribution in [2.45, 2.75) is 4.90 Å². The number of aromatic nitrogens is 1. The van der Waals surface area contributed by atoms with Gasteiger partial charge in [0.25, 0.3) is 5.91 Å². The number of sulfonamides is 1. The molecule has 0 aliphatic heterocycles. The minimum atomic E-state index is -4.02. The number of carbonyl (C=O) groups is 1. The van der Waals surface area contributed by atoms with Gasteiger partial charge in [0.2, 0.25) is 10.0 Å². The van der Waals surface area contributed by atoms with Crippen LogP contribution in [0.5, 0.6) is 0 Å². The van der Waals surface area contributed by atoms with E-state index in [1.807, 2.05) is 36.4 Å². The van der Waals surface area contributed by atoms with Crippen LogP contribution in [-0.4, -0.2) is 37.7 Å². The molecule has 0 unspecified atom stereocenters. The van der Waals surface area contributed by atoms with Crippen molar-refractivity contribution in [3.63, 3.8) is 0 Å². The quantitative estimate of drug-likeness (QED) is 0.530. The first kappa shape index (κ1) is 19.4. The number of rotatable bonds is 4. The van der Waals surface area contributed by atoms with Gasteiger partial charge in [-0.25, -0.2) is 22.1 Å². The van der Waals surface area contributed by atoms with Crippen LogP contribution < -0.4 is 5.32 Å². The Bertz CT molecular complexity index is 1360. The van der Waals surface area contributed by atoms with Crippen LogP contribution in [0.25, 0.3) is 21.0 Å². The van der Waals surface area contributed by atoms with Gasteiger partial charge in [0.15, 0.2) is 5.13 Å². The fraction of sp³-hybridized carbons (Fsp3) is 0.100. The third-order valence-corrected chi connectivity index (χ3v) is 7.22. The van der Waals surface area contributed by atoms with Crippen LogP contribution in [0, 0.1) is 5.82 Å². The molecule has 29 heavy (non-hydrogen) atoms. The zero-order valence-corrected chi connectivity index (χ0v) is 17.1. The molecule has 1 aromatic heterocycles. The molecule has 1 N–H and O–H groups in total. The molecule has 1 heterocycles. The molecule has 6 nitrogen and oxygen atoms in total. The summed E-state index contributed by atoms with van der Waals surface area (Å²) in [6.07, 6.45) is 0. The molecule has 0 spiro atoms. The number of anilines is 1. The lowest BCUT2D eigenvalue weighted by atomic mass is 10.1. The van der Waals surface area contributed by atoms with Gasteiger partial charge in [0.1, 0.15) is 10.7 Å². The fourth-order valence-electron chi connectivity index (χ4n) is 2.92. The second-order valence-corrected chi connectivity index (χ2v) is 9.69. The number of halogens is 1. The van der Waals surface area contributed by atoms with Gasteiger partial charge in [-0.1, -0.05) is 41.7 Å². The first-order valence-corrected chi connectivity index (χ1v) is 10.8. The number of fused-ring (bicyclic) bond motifs is 3. The molecule has 1 amide bonds. The molecule has 3 aromatic carbocycles. The maximum atomic E-state index is 14.1. The van der Waals surface area contributed by atoms with Crippen LogP contribution in [0.1, 0.15) is 10.4 Å². The van der Waals surface area contributed by atoms with Gasteiger partial charge in [0.05, 0.1) is 10.2 Å². The van der Waals surface area contributed by atoms with E-state index in [4.69, 9.17) is 0 Å². The Labute approximate surface area is 170 Å². The van der Waals surface area contributed by atoms with E-state index in [9.17, 15) is 17.6 Å². The van der Waals surface area contributed by atoms with Crippen LogP contribution in [0.3, 0.4) is 0 Å². The average Bonchev–Trinajstić information content (AvgIpc) is 3.11. The van der Waals surface area contributed by atoms with Crippen molar-refractivity contribution in [2.24, 2.45) is 0 Å². The largest absolute Gasteiger partial charge is 0.298 e. The summed E-state index contributed by atoms with van der Waals surface area (Å²) in [7, 11) is -1.42. The van der Waals surface area contributed by atoms with E-state index in [0.717, 1.165) is 37.4 Å². The SMILES string of the molecule is CN(C)S(=O)(=O)c1cc(C(=O)Nc2nc3c(ccc4ccccc43)s2)ccc1F. The molecule has 4 rings (SSSR count). The summed E-state index contributed by atoms with van der Waals surface area (Å²) in [5, 5.41) is 5.07. The van der Waals surface area contributed by atoms with Crippen molar-refractivity contribution >= 4 is 53.4 Å². The summed E-state index contributed by atoms with van der Waals surface area (Å²) < 4.78 is 40.4. The zero-order chi connectivity index (χ0) is 20.8. The Hall–Kier alpha value is -2.88. The Morgan fingerprint density at radius 2 is 1.86 bits per heavy atom. The first-order chi connectivity index (χ1) is 13.8. The summed E-state index contributed by atoms with van der Waals surface area (Å²) in [5.74, 6) is -1.48. The molecule has 0 aliphatic carbocycles. The second-order valence-electron chi connectivity index (χ2n) is 6.54. The summed E-state index contributed by atoms with van der Waals surface area (Å²) in [5.41, 5.74) is 0.800. The normalized spacial score (nSPS) is 12.0. The first-order valence-electron chi connectivity index (χ1n) is 8.59. The molecular formula is C20H16FN3O3S2. The summed E-state index contributed by atoms with van der Waals surface area (Å²) >= 11 is 1.31. The highest BCUT2D eigenvalue weighted by atomic mass is 32.2. The molecule has 0 radical (unpaired) electrons. The molecule has 148 valence electrons. The van der Waals surface area contributed by atoms with E-state index < -0.39 is 26.6 Å². The summed E-state index contributed by atoms with van der Waals surface area (Å²) in [6.45, 7) is 0. The highest BCUT2D eigenvalue weighted by Crippen LogP contribution is 2.32. The Morgan fingerprint density at radius 3 is 2.62 bits per heavy atom. The van der Waals surface area contributed by atoms with Gasteiger partial charge in [-0.2, -0.15) is 0 Å². The number of amides is 1. The van der Waals surface area contributed by atoms with E-state index >= 15 is 0 Å². The monoisotopic (exact) mass is 429 g/mol. The van der Waals surface area contributed by atoms with Gasteiger partial charge >= 0.3 is 0 Å². The van der Waals surface area contributed by atoms with Gasteiger partial charge in [-0.15, -0.1) is 0 Å². The van der Waals surface area contributed by atoms with Gasteiger partial charge < -0.3 is 0 Å². The van der Waals surface area contributed by atoms with Crippen molar-refractivity contribution in [2.75, 3.05) is 19.4 Å². The van der Waals surface area contributed by atoms with E-state index in [0.29, 0.717) is 5.13 Å². The average molecular weight is 429 g/mol. The van der Waals surface area contributed by atoms with E-state index in [-0.39, 0.29) is 5.56 Å². The molecule has 0 aliphatic rings. The summed E-state index contributed by atoms with van der Waals surface area (Å²) in [6, 6.07) is 15.0. The van der Waals surface area contributed by atoms with Gasteiger partial charge in [-0.3, -0.25) is 10.1 Å². The van der Waals surface area contributed by atoms with Crippen LogP contribution in [-0.2, 0) is 10.0 Å². The number of thiazole rings is 1. The standard InChI is InChI=1S/C20H16FN3O3S2/c1-24(2)29(26,27)17-11-13(7-9-15(17)21)19(25)23-20-22-18-14-6-4-3-5-12(14)8-10-16(18)28-20/h3-11H,1-2H3,(H,22,23,25). The molecule has 0 atom stereocenters. The minimum Gasteiger partial charge on any atom is -0.298 e. The third-order valence-electron chi connectivity index (χ3n) is 4.46. The number of hydrogen-bond acceptors (Lipinski definition) is 5. The lowest BCUT2D eigenvalue weighted by Gasteiger charge is -2.13. The van der Waals surface area contributed by atoms with Crippen LogP contribution >= 0.6 is 11.3 Å². The fourth-order valence-corrected chi connectivity index (χ4v) is 4.78. The number of benzene rings is 3. The minimum absolute atomic E-state index is 0.0240. The van der Waals surface area contributed by atoms with E-state index in [1.54, 1.807) is 0 Å². The van der Waals surface area contributed by atoms with Crippen molar-refractivity contribution in [3.8, 4) is 0 Å².